The van der Waals surface area contributed by atoms with Gasteiger partial charge in [0.2, 0.25) is 0 Å². The van der Waals surface area contributed by atoms with Crippen LogP contribution in [0, 0.1) is 0 Å². The van der Waals surface area contributed by atoms with Crippen LogP contribution in [0.15, 0.2) is 397 Å². The molecule has 512 valence electrons. The van der Waals surface area contributed by atoms with Crippen LogP contribution in [0.25, 0.3) is 204 Å². The van der Waals surface area contributed by atoms with Gasteiger partial charge in [-0.15, -0.1) is 0 Å². The maximum atomic E-state index is 6.69. The highest BCUT2D eigenvalue weighted by Gasteiger charge is 2.31. The van der Waals surface area contributed by atoms with Crippen molar-refractivity contribution in [1.82, 2.24) is 13.7 Å². The van der Waals surface area contributed by atoms with Crippen molar-refractivity contribution in [3.63, 3.8) is 0 Å². The molecule has 18 aromatic carbocycles. The Hall–Kier alpha value is -14.5. The first kappa shape index (κ1) is 61.8. The second-order valence-corrected chi connectivity index (χ2v) is 29.4. The van der Waals surface area contributed by atoms with Gasteiger partial charge in [0.25, 0.3) is 0 Å². The molecule has 0 amide bonds. The summed E-state index contributed by atoms with van der Waals surface area (Å²) < 4.78 is 20.3. The number of hydrogen-bond acceptors (Lipinski definition) is 2. The molecular weight excluding hydrogens is 1340 g/mol. The van der Waals surface area contributed by atoms with E-state index in [1.54, 1.807) is 0 Å². The van der Waals surface area contributed by atoms with Crippen molar-refractivity contribution in [2.75, 3.05) is 0 Å². The topological polar surface area (TPSA) is 41.1 Å². The maximum absolute atomic E-state index is 6.69. The predicted molar refractivity (Wildman–Crippen MR) is 460 cm³/mol. The third-order valence-corrected chi connectivity index (χ3v) is 23.4. The van der Waals surface area contributed by atoms with E-state index in [4.69, 9.17) is 8.83 Å². The molecule has 0 N–H and O–H groups in total. The molecule has 1 atom stereocenters. The zero-order valence-electron chi connectivity index (χ0n) is 59.7. The van der Waals surface area contributed by atoms with Crippen LogP contribution in [0.3, 0.4) is 0 Å². The number of hydrogen-bond donors (Lipinski definition) is 0. The summed E-state index contributed by atoms with van der Waals surface area (Å²) in [6, 6.07) is 141. The number of aromatic nitrogens is 3. The quantitative estimate of drug-likeness (QED) is 0.152. The van der Waals surface area contributed by atoms with Crippen LogP contribution in [0.4, 0.5) is 0 Å². The molecule has 0 spiro atoms. The van der Waals surface area contributed by atoms with Crippen molar-refractivity contribution < 1.29 is 8.83 Å². The molecular formula is C105H65N3O2. The molecule has 0 bridgehead atoms. The van der Waals surface area contributed by atoms with E-state index in [1.165, 1.54) is 154 Å². The van der Waals surface area contributed by atoms with E-state index < -0.39 is 0 Å². The van der Waals surface area contributed by atoms with Gasteiger partial charge >= 0.3 is 0 Å². The molecule has 1 aliphatic carbocycles. The zero-order valence-corrected chi connectivity index (χ0v) is 59.7. The van der Waals surface area contributed by atoms with Crippen molar-refractivity contribution in [3.8, 4) is 72.7 Å². The van der Waals surface area contributed by atoms with E-state index >= 15 is 0 Å². The lowest BCUT2D eigenvalue weighted by Crippen LogP contribution is -1.99. The van der Waals surface area contributed by atoms with Gasteiger partial charge in [0.15, 0.2) is 5.58 Å². The largest absolute Gasteiger partial charge is 0.456 e. The molecule has 0 aliphatic heterocycles. The van der Waals surface area contributed by atoms with Crippen molar-refractivity contribution in [1.29, 1.82) is 0 Å². The summed E-state index contributed by atoms with van der Waals surface area (Å²) in [5, 5.41) is 16.9. The van der Waals surface area contributed by atoms with E-state index in [-0.39, 0.29) is 5.92 Å². The van der Waals surface area contributed by atoms with Crippen LogP contribution in [-0.2, 0) is 0 Å². The number of rotatable bonds is 8. The number of fused-ring (bicyclic) bond motifs is 22. The number of nitrogens with zero attached hydrogens (tertiary/aromatic N) is 3. The van der Waals surface area contributed by atoms with E-state index in [2.05, 4.69) is 390 Å². The van der Waals surface area contributed by atoms with Crippen LogP contribution in [-0.4, -0.2) is 13.7 Å². The Morgan fingerprint density at radius 3 is 1.33 bits per heavy atom. The number of furan rings is 2. The Kier molecular flexibility index (Phi) is 13.8. The number of benzene rings is 18. The third-order valence-electron chi connectivity index (χ3n) is 23.4. The highest BCUT2D eigenvalue weighted by molar-refractivity contribution is 6.26. The molecule has 0 fully saturated rings. The summed E-state index contributed by atoms with van der Waals surface area (Å²) in [7, 11) is 0. The normalized spacial score (nSPS) is 12.8. The third kappa shape index (κ3) is 9.67. The van der Waals surface area contributed by atoms with Crippen molar-refractivity contribution in [2.45, 2.75) is 5.92 Å². The lowest BCUT2D eigenvalue weighted by Gasteiger charge is -2.16. The average molecular weight is 1400 g/mol. The lowest BCUT2D eigenvalue weighted by molar-refractivity contribution is 0.669. The van der Waals surface area contributed by atoms with E-state index in [1.807, 2.05) is 12.1 Å². The monoisotopic (exact) mass is 1400 g/mol. The molecule has 1 aliphatic rings. The Labute approximate surface area is 632 Å². The fourth-order valence-electron chi connectivity index (χ4n) is 18.2. The zero-order chi connectivity index (χ0) is 72.1. The molecule has 23 aromatic rings. The molecule has 5 aromatic heterocycles. The standard InChI is InChI=1S/C53H33NO.C52H32N2O/c1-2-10-33(11-3-1)35-20-24-40(25-21-35)54-48-28-23-38(32-47(48)44-27-29-50-52(53(44)54)45-16-8-9-17-49(45)55-50)37-22-26-43-46(31-37)41-14-6-7-15-42(41)51(43)39-19-18-34-12-4-5-13-36(34)30-39;1-2-10-33(11-3-1)35-18-23-39(24-19-35)54-49-29-22-38(32-46(49)43-26-27-44-42-15-7-9-17-50(42)55-52(44)51(43)54)37-21-28-48-45(31-37)41-14-6-8-16-47(41)53(48)40-25-20-34-12-4-5-13-36(34)30-40/h1-32,51H;1-32H. The van der Waals surface area contributed by atoms with E-state index in [9.17, 15) is 0 Å². The predicted octanol–water partition coefficient (Wildman–Crippen LogP) is 28.6. The van der Waals surface area contributed by atoms with Crippen LogP contribution < -0.4 is 0 Å². The molecule has 5 heteroatoms. The average Bonchev–Trinajstić information content (AvgIpc) is 1.56. The van der Waals surface area contributed by atoms with Crippen LogP contribution in [0.2, 0.25) is 0 Å². The first-order chi connectivity index (χ1) is 54.5. The van der Waals surface area contributed by atoms with Crippen LogP contribution >= 0.6 is 0 Å². The Morgan fingerprint density at radius 1 is 0.209 bits per heavy atom. The molecule has 5 heterocycles. The molecule has 0 saturated heterocycles. The first-order valence-electron chi connectivity index (χ1n) is 37.9. The van der Waals surface area contributed by atoms with Crippen molar-refractivity contribution in [2.24, 2.45) is 0 Å². The Morgan fingerprint density at radius 2 is 0.655 bits per heavy atom. The van der Waals surface area contributed by atoms with Gasteiger partial charge in [0, 0.05) is 71.5 Å². The molecule has 110 heavy (non-hydrogen) atoms. The van der Waals surface area contributed by atoms with Crippen LogP contribution in [0.1, 0.15) is 22.6 Å². The summed E-state index contributed by atoms with van der Waals surface area (Å²) in [6.45, 7) is 0. The van der Waals surface area contributed by atoms with Gasteiger partial charge in [-0.2, -0.15) is 0 Å². The van der Waals surface area contributed by atoms with Crippen molar-refractivity contribution in [3.05, 3.63) is 405 Å². The van der Waals surface area contributed by atoms with Gasteiger partial charge in [-0.3, -0.25) is 0 Å². The lowest BCUT2D eigenvalue weighted by atomic mass is 9.87. The minimum atomic E-state index is 0.200. The molecule has 0 saturated carbocycles. The van der Waals surface area contributed by atoms with Gasteiger partial charge in [0.1, 0.15) is 16.7 Å². The maximum Gasteiger partial charge on any atom is 0.160 e. The van der Waals surface area contributed by atoms with Crippen LogP contribution in [0.5, 0.6) is 0 Å². The van der Waals surface area contributed by atoms with Gasteiger partial charge in [-0.05, 0) is 209 Å². The fourth-order valence-corrected chi connectivity index (χ4v) is 18.2. The second-order valence-electron chi connectivity index (χ2n) is 29.4. The first-order valence-corrected chi connectivity index (χ1v) is 37.9. The smallest absolute Gasteiger partial charge is 0.160 e. The highest BCUT2D eigenvalue weighted by Crippen LogP contribution is 2.51. The highest BCUT2D eigenvalue weighted by atomic mass is 16.3. The molecule has 0 radical (unpaired) electrons. The van der Waals surface area contributed by atoms with E-state index in [0.717, 1.165) is 66.3 Å². The Bertz CT molecular complexity index is 7700. The van der Waals surface area contributed by atoms with Gasteiger partial charge in [-0.1, -0.05) is 273 Å². The number of para-hydroxylation sites is 3. The Balaban J connectivity index is 0.000000132. The molecule has 1 unspecified atom stereocenters. The minimum Gasteiger partial charge on any atom is -0.456 e. The summed E-state index contributed by atoms with van der Waals surface area (Å²) >= 11 is 0. The fraction of sp³-hybridized carbons (Fsp3) is 0.00952. The molecule has 5 nitrogen and oxygen atoms in total. The van der Waals surface area contributed by atoms with Crippen molar-refractivity contribution >= 4 is 131 Å². The minimum absolute atomic E-state index is 0.200. The summed E-state index contributed by atoms with van der Waals surface area (Å²) in [5.41, 5.74) is 30.3. The molecule has 24 rings (SSSR count). The SMILES string of the molecule is c1ccc(-c2ccc(-n3c4ccc(-c5ccc6c(c5)-c5ccccc5C6c5ccc6ccccc6c5)cc4c4ccc5oc6ccccc6c5c43)cc2)cc1.c1ccc(-c2ccc(-n3c4ccc(-c5ccc6c(c5)c5ccccc5n6-c5ccc6ccccc6c5)cc4c4ccc5c6ccccc6oc5c43)cc2)cc1. The van der Waals surface area contributed by atoms with Gasteiger partial charge in [0.05, 0.1) is 38.5 Å². The summed E-state index contributed by atoms with van der Waals surface area (Å²) in [5.74, 6) is 0.200. The van der Waals surface area contributed by atoms with Gasteiger partial charge in [-0.25, -0.2) is 0 Å². The van der Waals surface area contributed by atoms with E-state index in [0.29, 0.717) is 0 Å². The second kappa shape index (κ2) is 24.5. The summed E-state index contributed by atoms with van der Waals surface area (Å²) in [6.07, 6.45) is 0. The van der Waals surface area contributed by atoms with Gasteiger partial charge < -0.3 is 22.5 Å². The summed E-state index contributed by atoms with van der Waals surface area (Å²) in [4.78, 5) is 0.